The van der Waals surface area contributed by atoms with Crippen molar-refractivity contribution in [3.63, 3.8) is 0 Å². The van der Waals surface area contributed by atoms with Crippen molar-refractivity contribution in [2.24, 2.45) is 13.0 Å². The lowest BCUT2D eigenvalue weighted by molar-refractivity contribution is -0.149. The van der Waals surface area contributed by atoms with E-state index in [1.54, 1.807) is 43.7 Å². The Hall–Kier alpha value is -3.20. The zero-order valence-electron chi connectivity index (χ0n) is 21.0. The van der Waals surface area contributed by atoms with Crippen LogP contribution in [0.15, 0.2) is 29.1 Å². The van der Waals surface area contributed by atoms with Crippen LogP contribution in [-0.2, 0) is 13.6 Å². The van der Waals surface area contributed by atoms with E-state index in [2.05, 4.69) is 10.3 Å². The third kappa shape index (κ3) is 5.14. The van der Waals surface area contributed by atoms with Gasteiger partial charge in [0.15, 0.2) is 5.82 Å². The predicted molar refractivity (Wildman–Crippen MR) is 138 cm³/mol. The highest BCUT2D eigenvalue weighted by molar-refractivity contribution is 6.33. The molecule has 2 atom stereocenters. The Bertz CT molecular complexity index is 1430. The van der Waals surface area contributed by atoms with E-state index in [0.29, 0.717) is 29.7 Å². The van der Waals surface area contributed by atoms with Gasteiger partial charge in [-0.3, -0.25) is 9.13 Å². The van der Waals surface area contributed by atoms with Crippen LogP contribution in [0.2, 0.25) is 5.02 Å². The average Bonchev–Trinajstić information content (AvgIpc) is 3.05. The zero-order valence-corrected chi connectivity index (χ0v) is 21.7. The van der Waals surface area contributed by atoms with Crippen LogP contribution in [0.25, 0.3) is 11.0 Å². The van der Waals surface area contributed by atoms with E-state index in [-0.39, 0.29) is 41.0 Å². The Balaban J connectivity index is 1.70. The maximum atomic E-state index is 14.2. The number of nitrogens with one attached hydrogen (secondary N) is 1. The molecule has 0 aliphatic carbocycles. The monoisotopic (exact) mass is 534 g/mol. The van der Waals surface area contributed by atoms with E-state index in [9.17, 15) is 29.1 Å². The zero-order chi connectivity index (χ0) is 27.3. The second kappa shape index (κ2) is 9.59. The molecule has 12 heteroatoms. The van der Waals surface area contributed by atoms with E-state index in [1.807, 2.05) is 6.07 Å². The molecule has 3 N–H and O–H groups in total. The van der Waals surface area contributed by atoms with E-state index >= 15 is 0 Å². The summed E-state index contributed by atoms with van der Waals surface area (Å²) in [4.78, 5) is 18.7. The first kappa shape index (κ1) is 26.9. The largest absolute Gasteiger partial charge is 0.390 e. The molecule has 0 spiro atoms. The lowest BCUT2D eigenvalue weighted by Gasteiger charge is -2.40. The molecule has 198 valence electrons. The molecular formula is C25H29ClF2N6O3. The van der Waals surface area contributed by atoms with Gasteiger partial charge in [-0.05, 0) is 44.5 Å². The molecular weight excluding hydrogens is 506 g/mol. The van der Waals surface area contributed by atoms with Gasteiger partial charge in [-0.15, -0.1) is 0 Å². The van der Waals surface area contributed by atoms with Gasteiger partial charge in [-0.1, -0.05) is 18.5 Å². The number of aryl methyl sites for hydroxylation is 2. The number of hydrogen-bond acceptors (Lipinski definition) is 7. The summed E-state index contributed by atoms with van der Waals surface area (Å²) in [6.45, 7) is 4.51. The number of benzene rings is 1. The second-order valence-corrected chi connectivity index (χ2v) is 10.6. The maximum Gasteiger partial charge on any atom is 0.328 e. The standard InChI is InChI=1S/C25H29ClF2N6O3/c1-14-12-33(13-20(35)25(14,27)28)22-15(11-29)9-17(26)21(31-22)30-16-5-6-18-19(10-16)34(23(36)32(18)4)8-7-24(2,3)37/h5-6,9-10,14,20,35,37H,7-8,12-13H2,1-4H3,(H,30,31)/t14-,20+/m0/s1. The topological polar surface area (TPSA) is 119 Å². The summed E-state index contributed by atoms with van der Waals surface area (Å²) < 4.78 is 31.4. The summed E-state index contributed by atoms with van der Waals surface area (Å²) in [5.41, 5.74) is 0.822. The first-order valence-corrected chi connectivity index (χ1v) is 12.2. The van der Waals surface area contributed by atoms with E-state index in [1.165, 1.54) is 22.5 Å². The van der Waals surface area contributed by atoms with Crippen molar-refractivity contribution >= 4 is 40.0 Å². The number of piperidine rings is 1. The molecule has 1 aromatic carbocycles. The van der Waals surface area contributed by atoms with Crippen LogP contribution in [0, 0.1) is 17.2 Å². The second-order valence-electron chi connectivity index (χ2n) is 10.2. The quantitative estimate of drug-likeness (QED) is 0.442. The van der Waals surface area contributed by atoms with Crippen LogP contribution in [0.5, 0.6) is 0 Å². The Morgan fingerprint density at radius 3 is 2.62 bits per heavy atom. The molecule has 1 aliphatic rings. The smallest absolute Gasteiger partial charge is 0.328 e. The highest BCUT2D eigenvalue weighted by Gasteiger charge is 2.49. The van der Waals surface area contributed by atoms with Crippen LogP contribution in [-0.4, -0.2) is 55.0 Å². The number of anilines is 3. The van der Waals surface area contributed by atoms with Gasteiger partial charge in [-0.2, -0.15) is 5.26 Å². The normalized spacial score (nSPS) is 19.7. The number of hydrogen-bond donors (Lipinski definition) is 3. The third-order valence-corrected chi connectivity index (χ3v) is 7.01. The number of fused-ring (bicyclic) bond motifs is 1. The SMILES string of the molecule is C[C@H]1CN(c2nc(Nc3ccc4c(c3)n(CCC(C)(C)O)c(=O)n4C)c(Cl)cc2C#N)C[C@@H](O)C1(F)F. The Kier molecular flexibility index (Phi) is 6.96. The van der Waals surface area contributed by atoms with Gasteiger partial charge >= 0.3 is 5.69 Å². The van der Waals surface area contributed by atoms with E-state index in [4.69, 9.17) is 11.6 Å². The van der Waals surface area contributed by atoms with Gasteiger partial charge in [0.05, 0.1) is 33.8 Å². The highest BCUT2D eigenvalue weighted by Crippen LogP contribution is 2.37. The number of aromatic nitrogens is 3. The molecule has 0 amide bonds. The number of halogens is 3. The minimum atomic E-state index is -3.25. The minimum Gasteiger partial charge on any atom is -0.390 e. The fraction of sp³-hybridized carbons (Fsp3) is 0.480. The summed E-state index contributed by atoms with van der Waals surface area (Å²) >= 11 is 6.40. The van der Waals surface area contributed by atoms with Gasteiger partial charge in [0.2, 0.25) is 0 Å². The Morgan fingerprint density at radius 2 is 2.00 bits per heavy atom. The van der Waals surface area contributed by atoms with Gasteiger partial charge in [0.25, 0.3) is 5.92 Å². The number of pyridine rings is 1. The van der Waals surface area contributed by atoms with Gasteiger partial charge in [0, 0.05) is 31.7 Å². The highest BCUT2D eigenvalue weighted by atomic mass is 35.5. The molecule has 0 radical (unpaired) electrons. The van der Waals surface area contributed by atoms with Crippen LogP contribution >= 0.6 is 11.6 Å². The van der Waals surface area contributed by atoms with Crippen molar-refractivity contribution in [2.75, 3.05) is 23.3 Å². The molecule has 0 saturated carbocycles. The minimum absolute atomic E-state index is 0.0964. The van der Waals surface area contributed by atoms with Crippen molar-refractivity contribution in [3.8, 4) is 6.07 Å². The molecule has 4 rings (SSSR count). The van der Waals surface area contributed by atoms with Crippen molar-refractivity contribution in [3.05, 3.63) is 45.3 Å². The summed E-state index contributed by atoms with van der Waals surface area (Å²) in [7, 11) is 1.67. The Morgan fingerprint density at radius 1 is 1.30 bits per heavy atom. The molecule has 2 aromatic heterocycles. The maximum absolute atomic E-state index is 14.2. The van der Waals surface area contributed by atoms with Crippen molar-refractivity contribution < 1.29 is 19.0 Å². The van der Waals surface area contributed by atoms with Crippen molar-refractivity contribution in [2.45, 2.75) is 51.4 Å². The number of aliphatic hydroxyl groups excluding tert-OH is 1. The average molecular weight is 535 g/mol. The fourth-order valence-corrected chi connectivity index (χ4v) is 4.67. The number of β-amino-alcohol motifs (C(OH)–C–C–N with tert-alkyl or cyclic N) is 1. The molecule has 3 heterocycles. The molecule has 1 saturated heterocycles. The third-order valence-electron chi connectivity index (χ3n) is 6.72. The number of alkyl halides is 2. The number of aliphatic hydroxyl groups is 2. The summed E-state index contributed by atoms with van der Waals surface area (Å²) in [6, 6.07) is 8.66. The van der Waals surface area contributed by atoms with E-state index in [0.717, 1.165) is 0 Å². The van der Waals surface area contributed by atoms with Crippen LogP contribution < -0.4 is 15.9 Å². The van der Waals surface area contributed by atoms with Crippen LogP contribution in [0.4, 0.5) is 26.1 Å². The molecule has 37 heavy (non-hydrogen) atoms. The van der Waals surface area contributed by atoms with Gasteiger partial charge in [-0.25, -0.2) is 18.6 Å². The lowest BCUT2D eigenvalue weighted by atomic mass is 9.93. The summed E-state index contributed by atoms with van der Waals surface area (Å²) in [6.07, 6.45) is -1.53. The van der Waals surface area contributed by atoms with Gasteiger partial charge < -0.3 is 20.4 Å². The molecule has 1 fully saturated rings. The number of imidazole rings is 1. The molecule has 9 nitrogen and oxygen atoms in total. The summed E-state index contributed by atoms with van der Waals surface area (Å²) in [5.74, 6) is -4.07. The van der Waals surface area contributed by atoms with Crippen molar-refractivity contribution in [1.29, 1.82) is 5.26 Å². The predicted octanol–water partition coefficient (Wildman–Crippen LogP) is 3.62. The van der Waals surface area contributed by atoms with Crippen LogP contribution in [0.1, 0.15) is 32.8 Å². The molecule has 3 aromatic rings. The molecule has 1 aliphatic heterocycles. The molecule has 0 unspecified atom stereocenters. The van der Waals surface area contributed by atoms with Crippen molar-refractivity contribution in [1.82, 2.24) is 14.1 Å². The first-order valence-electron chi connectivity index (χ1n) is 11.8. The summed E-state index contributed by atoms with van der Waals surface area (Å²) in [5, 5.41) is 33.0. The number of nitrogens with zero attached hydrogens (tertiary/aromatic N) is 5. The van der Waals surface area contributed by atoms with Crippen LogP contribution in [0.3, 0.4) is 0 Å². The lowest BCUT2D eigenvalue weighted by Crippen LogP contribution is -2.56. The first-order chi connectivity index (χ1) is 17.2. The number of rotatable bonds is 6. The number of nitriles is 1. The Labute approximate surface area is 217 Å². The molecule has 0 bridgehead atoms. The fourth-order valence-electron chi connectivity index (χ4n) is 4.48. The van der Waals surface area contributed by atoms with E-state index < -0.39 is 23.5 Å². The van der Waals surface area contributed by atoms with Gasteiger partial charge in [0.1, 0.15) is 18.0 Å².